The van der Waals surface area contributed by atoms with Gasteiger partial charge < -0.3 is 5.32 Å². The Labute approximate surface area is 197 Å². The van der Waals surface area contributed by atoms with E-state index in [-0.39, 0.29) is 29.6 Å². The standard InChI is InChI=1S/C23H16Cl2FN3O2S/c24-18-10-9-16(11-19(18)25)27-21(30)13-32-23-28-20-4-2-1-3-17(20)22(31)29(23)12-14-5-7-15(26)8-6-14/h1-11H,12-13H2,(H,27,30). The fourth-order valence-corrected chi connectivity index (χ4v) is 4.17. The molecule has 0 saturated heterocycles. The predicted molar refractivity (Wildman–Crippen MR) is 127 cm³/mol. The third-order valence-corrected chi connectivity index (χ3v) is 6.33. The van der Waals surface area contributed by atoms with E-state index in [9.17, 15) is 14.0 Å². The van der Waals surface area contributed by atoms with Crippen molar-refractivity contribution in [1.29, 1.82) is 0 Å². The van der Waals surface area contributed by atoms with Crippen LogP contribution in [0.5, 0.6) is 0 Å². The topological polar surface area (TPSA) is 64.0 Å². The zero-order chi connectivity index (χ0) is 22.7. The normalized spacial score (nSPS) is 11.0. The highest BCUT2D eigenvalue weighted by Crippen LogP contribution is 2.25. The van der Waals surface area contributed by atoms with Crippen LogP contribution in [-0.4, -0.2) is 21.2 Å². The third kappa shape index (κ3) is 5.12. The maximum atomic E-state index is 13.3. The first-order chi connectivity index (χ1) is 15.4. The summed E-state index contributed by atoms with van der Waals surface area (Å²) in [6.07, 6.45) is 0. The number of hydrogen-bond donors (Lipinski definition) is 1. The van der Waals surface area contributed by atoms with Gasteiger partial charge in [0, 0.05) is 5.69 Å². The van der Waals surface area contributed by atoms with E-state index in [0.29, 0.717) is 31.8 Å². The molecule has 3 aromatic carbocycles. The first kappa shape index (κ1) is 22.3. The fourth-order valence-electron chi connectivity index (χ4n) is 3.07. The first-order valence-corrected chi connectivity index (χ1v) is 11.3. The Bertz CT molecular complexity index is 1360. The molecule has 5 nitrogen and oxygen atoms in total. The summed E-state index contributed by atoms with van der Waals surface area (Å²) in [5.41, 5.74) is 1.57. The number of fused-ring (bicyclic) bond motifs is 1. The van der Waals surface area contributed by atoms with Crippen molar-refractivity contribution in [2.75, 3.05) is 11.1 Å². The average molecular weight is 488 g/mol. The van der Waals surface area contributed by atoms with E-state index in [1.54, 1.807) is 54.6 Å². The summed E-state index contributed by atoms with van der Waals surface area (Å²) >= 11 is 13.0. The van der Waals surface area contributed by atoms with Crippen molar-refractivity contribution < 1.29 is 9.18 Å². The molecule has 162 valence electrons. The van der Waals surface area contributed by atoms with Gasteiger partial charge in [-0.3, -0.25) is 14.2 Å². The molecule has 0 spiro atoms. The molecule has 0 bridgehead atoms. The number of para-hydroxylation sites is 1. The van der Waals surface area contributed by atoms with E-state index in [4.69, 9.17) is 23.2 Å². The van der Waals surface area contributed by atoms with Crippen LogP contribution in [0.4, 0.5) is 10.1 Å². The Morgan fingerprint density at radius 2 is 1.78 bits per heavy atom. The lowest BCUT2D eigenvalue weighted by Gasteiger charge is -2.13. The van der Waals surface area contributed by atoms with Gasteiger partial charge in [0.25, 0.3) is 5.56 Å². The van der Waals surface area contributed by atoms with Crippen LogP contribution in [0.3, 0.4) is 0 Å². The maximum absolute atomic E-state index is 13.3. The number of anilines is 1. The Morgan fingerprint density at radius 1 is 1.03 bits per heavy atom. The first-order valence-electron chi connectivity index (χ1n) is 9.52. The second-order valence-corrected chi connectivity index (χ2v) is 8.65. The van der Waals surface area contributed by atoms with Gasteiger partial charge >= 0.3 is 0 Å². The lowest BCUT2D eigenvalue weighted by molar-refractivity contribution is -0.113. The number of benzene rings is 3. The monoisotopic (exact) mass is 487 g/mol. The molecule has 4 rings (SSSR count). The van der Waals surface area contributed by atoms with Crippen molar-refractivity contribution in [2.24, 2.45) is 0 Å². The SMILES string of the molecule is O=C(CSc1nc2ccccc2c(=O)n1Cc1ccc(F)cc1)Nc1ccc(Cl)c(Cl)c1. The van der Waals surface area contributed by atoms with E-state index >= 15 is 0 Å². The highest BCUT2D eigenvalue weighted by atomic mass is 35.5. The highest BCUT2D eigenvalue weighted by molar-refractivity contribution is 7.99. The van der Waals surface area contributed by atoms with Gasteiger partial charge in [-0.15, -0.1) is 0 Å². The van der Waals surface area contributed by atoms with Gasteiger partial charge in [0.05, 0.1) is 33.2 Å². The van der Waals surface area contributed by atoms with Crippen LogP contribution in [0, 0.1) is 5.82 Å². The Hall–Kier alpha value is -2.87. The third-order valence-electron chi connectivity index (χ3n) is 4.62. The van der Waals surface area contributed by atoms with Crippen LogP contribution >= 0.6 is 35.0 Å². The van der Waals surface area contributed by atoms with E-state index in [0.717, 1.165) is 17.3 Å². The molecule has 0 fully saturated rings. The zero-order valence-corrected chi connectivity index (χ0v) is 18.8. The number of halogens is 3. The molecule has 0 aliphatic carbocycles. The molecule has 0 saturated carbocycles. The van der Waals surface area contributed by atoms with Crippen molar-refractivity contribution in [3.63, 3.8) is 0 Å². The largest absolute Gasteiger partial charge is 0.325 e. The maximum Gasteiger partial charge on any atom is 0.262 e. The van der Waals surface area contributed by atoms with Gasteiger partial charge in [-0.05, 0) is 48.0 Å². The molecule has 0 aliphatic heterocycles. The molecule has 0 aliphatic rings. The molecule has 4 aromatic rings. The van der Waals surface area contributed by atoms with Crippen LogP contribution in [0.2, 0.25) is 10.0 Å². The number of nitrogens with one attached hydrogen (secondary N) is 1. The fraction of sp³-hybridized carbons (Fsp3) is 0.0870. The predicted octanol–water partition coefficient (Wildman–Crippen LogP) is 5.62. The summed E-state index contributed by atoms with van der Waals surface area (Å²) in [7, 11) is 0. The number of rotatable bonds is 6. The molecule has 1 heterocycles. The molecule has 1 N–H and O–H groups in total. The highest BCUT2D eigenvalue weighted by Gasteiger charge is 2.14. The number of nitrogens with zero attached hydrogens (tertiary/aromatic N) is 2. The molecule has 32 heavy (non-hydrogen) atoms. The molecule has 0 unspecified atom stereocenters. The molecule has 1 aromatic heterocycles. The summed E-state index contributed by atoms with van der Waals surface area (Å²) in [4.78, 5) is 30.2. The van der Waals surface area contributed by atoms with Gasteiger partial charge in [-0.1, -0.05) is 59.2 Å². The lowest BCUT2D eigenvalue weighted by atomic mass is 10.2. The molecule has 0 radical (unpaired) electrons. The number of aromatic nitrogens is 2. The van der Waals surface area contributed by atoms with E-state index in [2.05, 4.69) is 10.3 Å². The molecule has 0 atom stereocenters. The van der Waals surface area contributed by atoms with Gasteiger partial charge in [0.15, 0.2) is 5.16 Å². The summed E-state index contributed by atoms with van der Waals surface area (Å²) in [5.74, 6) is -0.621. The van der Waals surface area contributed by atoms with Crippen molar-refractivity contribution in [2.45, 2.75) is 11.7 Å². The second kappa shape index (κ2) is 9.73. The molecular weight excluding hydrogens is 472 g/mol. The van der Waals surface area contributed by atoms with Crippen LogP contribution in [0.1, 0.15) is 5.56 Å². The lowest BCUT2D eigenvalue weighted by Crippen LogP contribution is -2.25. The second-order valence-electron chi connectivity index (χ2n) is 6.90. The minimum Gasteiger partial charge on any atom is -0.325 e. The minimum atomic E-state index is -0.355. The Kier molecular flexibility index (Phi) is 6.79. The number of thioether (sulfide) groups is 1. The molecule has 1 amide bonds. The number of hydrogen-bond acceptors (Lipinski definition) is 4. The number of carbonyl (C=O) groups excluding carboxylic acids is 1. The van der Waals surface area contributed by atoms with Gasteiger partial charge in [-0.2, -0.15) is 0 Å². The van der Waals surface area contributed by atoms with Crippen molar-refractivity contribution in [1.82, 2.24) is 9.55 Å². The smallest absolute Gasteiger partial charge is 0.262 e. The Morgan fingerprint density at radius 3 is 2.53 bits per heavy atom. The number of carbonyl (C=O) groups is 1. The van der Waals surface area contributed by atoms with Crippen LogP contribution in [-0.2, 0) is 11.3 Å². The average Bonchev–Trinajstić information content (AvgIpc) is 2.78. The van der Waals surface area contributed by atoms with E-state index < -0.39 is 0 Å². The van der Waals surface area contributed by atoms with Gasteiger partial charge in [0.2, 0.25) is 5.91 Å². The summed E-state index contributed by atoms with van der Waals surface area (Å²) in [5, 5.41) is 4.34. The van der Waals surface area contributed by atoms with Crippen LogP contribution in [0.15, 0.2) is 76.7 Å². The zero-order valence-electron chi connectivity index (χ0n) is 16.5. The van der Waals surface area contributed by atoms with Crippen molar-refractivity contribution in [3.8, 4) is 0 Å². The van der Waals surface area contributed by atoms with E-state index in [1.807, 2.05) is 0 Å². The summed E-state index contributed by atoms with van der Waals surface area (Å²) in [6, 6.07) is 17.7. The van der Waals surface area contributed by atoms with Crippen molar-refractivity contribution >= 4 is 57.5 Å². The van der Waals surface area contributed by atoms with Crippen LogP contribution in [0.25, 0.3) is 10.9 Å². The Balaban J connectivity index is 1.60. The molecular formula is C23H16Cl2FN3O2S. The quantitative estimate of drug-likeness (QED) is 0.283. The van der Waals surface area contributed by atoms with Crippen molar-refractivity contribution in [3.05, 3.63) is 98.5 Å². The molecule has 9 heteroatoms. The van der Waals surface area contributed by atoms with Gasteiger partial charge in [0.1, 0.15) is 5.82 Å². The summed E-state index contributed by atoms with van der Waals surface area (Å²) < 4.78 is 14.8. The van der Waals surface area contributed by atoms with Crippen LogP contribution < -0.4 is 10.9 Å². The number of amides is 1. The van der Waals surface area contributed by atoms with E-state index in [1.165, 1.54) is 16.7 Å². The minimum absolute atomic E-state index is 0.0223. The summed E-state index contributed by atoms with van der Waals surface area (Å²) in [6.45, 7) is 0.202. The van der Waals surface area contributed by atoms with Gasteiger partial charge in [-0.25, -0.2) is 9.37 Å².